The van der Waals surface area contributed by atoms with Gasteiger partial charge >= 0.3 is 0 Å². The molecule has 2 N–H and O–H groups in total. The van der Waals surface area contributed by atoms with Gasteiger partial charge in [0.15, 0.2) is 0 Å². The van der Waals surface area contributed by atoms with Crippen molar-refractivity contribution in [2.75, 3.05) is 24.8 Å². The Balaban J connectivity index is 2.55. The highest BCUT2D eigenvalue weighted by Crippen LogP contribution is 2.27. The van der Waals surface area contributed by atoms with E-state index in [9.17, 15) is 8.42 Å². The highest BCUT2D eigenvalue weighted by molar-refractivity contribution is 7.98. The normalized spacial score (nSPS) is 13.7. The molecule has 0 aromatic heterocycles. The predicted octanol–water partition coefficient (Wildman–Crippen LogP) is 2.79. The van der Waals surface area contributed by atoms with E-state index in [-0.39, 0.29) is 6.04 Å². The number of anilines is 1. The van der Waals surface area contributed by atoms with Gasteiger partial charge < -0.3 is 5.73 Å². The zero-order valence-corrected chi connectivity index (χ0v) is 14.0. The van der Waals surface area contributed by atoms with Crippen LogP contribution in [0.2, 0.25) is 0 Å². The first-order valence-corrected chi connectivity index (χ1v) is 9.46. The number of rotatable bonds is 5. The molecule has 21 heavy (non-hydrogen) atoms. The van der Waals surface area contributed by atoms with Crippen LogP contribution in [0.25, 0.3) is 10.8 Å². The highest BCUT2D eigenvalue weighted by Gasteiger charge is 2.26. The lowest BCUT2D eigenvalue weighted by Crippen LogP contribution is -2.36. The van der Waals surface area contributed by atoms with Crippen molar-refractivity contribution in [3.8, 4) is 0 Å². The first kappa shape index (κ1) is 16.1. The van der Waals surface area contributed by atoms with Crippen LogP contribution < -0.4 is 5.73 Å². The lowest BCUT2D eigenvalue weighted by atomic mass is 10.1. The number of sulfonamides is 1. The van der Waals surface area contributed by atoms with E-state index in [4.69, 9.17) is 5.73 Å². The molecule has 0 saturated carbocycles. The molecule has 0 spiro atoms. The Labute approximate surface area is 130 Å². The number of hydrogen-bond acceptors (Lipinski definition) is 4. The van der Waals surface area contributed by atoms with Gasteiger partial charge in [0, 0.05) is 29.9 Å². The minimum absolute atomic E-state index is 0.0611. The third-order valence-electron chi connectivity index (χ3n) is 3.55. The average Bonchev–Trinajstić information content (AvgIpc) is 2.45. The van der Waals surface area contributed by atoms with Crippen molar-refractivity contribution in [3.05, 3.63) is 36.4 Å². The Kier molecular flexibility index (Phi) is 4.81. The molecule has 0 heterocycles. The monoisotopic (exact) mass is 324 g/mol. The van der Waals surface area contributed by atoms with Crippen LogP contribution in [-0.2, 0) is 10.0 Å². The maximum absolute atomic E-state index is 12.8. The van der Waals surface area contributed by atoms with Crippen molar-refractivity contribution in [2.24, 2.45) is 0 Å². The number of thioether (sulfide) groups is 1. The summed E-state index contributed by atoms with van der Waals surface area (Å²) in [5.74, 6) is 0.757. The van der Waals surface area contributed by atoms with Crippen LogP contribution in [0.15, 0.2) is 41.3 Å². The van der Waals surface area contributed by atoms with Gasteiger partial charge in [0.05, 0.1) is 4.90 Å². The summed E-state index contributed by atoms with van der Waals surface area (Å²) in [6.07, 6.45) is 1.97. The summed E-state index contributed by atoms with van der Waals surface area (Å²) in [7, 11) is -1.89. The largest absolute Gasteiger partial charge is 0.399 e. The molecule has 0 radical (unpaired) electrons. The molecular formula is C15H20N2O2S2. The van der Waals surface area contributed by atoms with Gasteiger partial charge in [-0.3, -0.25) is 0 Å². The molecule has 1 unspecified atom stereocenters. The topological polar surface area (TPSA) is 63.4 Å². The first-order chi connectivity index (χ1) is 9.87. The maximum atomic E-state index is 12.8. The van der Waals surface area contributed by atoms with E-state index in [1.54, 1.807) is 49.1 Å². The third kappa shape index (κ3) is 3.17. The van der Waals surface area contributed by atoms with E-state index in [0.717, 1.165) is 11.1 Å². The molecule has 0 bridgehead atoms. The number of nitrogen functional groups attached to an aromatic ring is 1. The lowest BCUT2D eigenvalue weighted by molar-refractivity contribution is 0.415. The van der Waals surface area contributed by atoms with Gasteiger partial charge in [0.25, 0.3) is 0 Å². The highest BCUT2D eigenvalue weighted by atomic mass is 32.2. The molecule has 6 heteroatoms. The molecular weight excluding hydrogens is 304 g/mol. The standard InChI is InChI=1S/C15H20N2O2S2/c1-11(10-20-3)17(2)21(18,19)15-6-4-5-12-9-13(16)7-8-14(12)15/h4-9,11H,10,16H2,1-3H3. The molecule has 4 nitrogen and oxygen atoms in total. The number of fused-ring (bicyclic) bond motifs is 1. The Morgan fingerprint density at radius 1 is 1.29 bits per heavy atom. The number of nitrogens with two attached hydrogens (primary N) is 1. The number of hydrogen-bond donors (Lipinski definition) is 1. The molecule has 0 aliphatic carbocycles. The van der Waals surface area contributed by atoms with Crippen LogP contribution in [0.4, 0.5) is 5.69 Å². The van der Waals surface area contributed by atoms with E-state index in [0.29, 0.717) is 16.0 Å². The summed E-state index contributed by atoms with van der Waals surface area (Å²) in [6, 6.07) is 10.5. The van der Waals surface area contributed by atoms with Crippen LogP contribution >= 0.6 is 11.8 Å². The Morgan fingerprint density at radius 3 is 2.67 bits per heavy atom. The summed E-state index contributed by atoms with van der Waals surface area (Å²) in [4.78, 5) is 0.329. The van der Waals surface area contributed by atoms with Gasteiger partial charge in [0.1, 0.15) is 0 Å². The molecule has 0 aliphatic heterocycles. The second-order valence-electron chi connectivity index (χ2n) is 5.06. The Bertz CT molecular complexity index is 744. The van der Waals surface area contributed by atoms with Gasteiger partial charge in [-0.2, -0.15) is 16.1 Å². The minimum atomic E-state index is -3.52. The molecule has 0 fully saturated rings. The fourth-order valence-corrected chi connectivity index (χ4v) is 4.61. The fraction of sp³-hybridized carbons (Fsp3) is 0.333. The van der Waals surface area contributed by atoms with Crippen LogP contribution in [-0.4, -0.2) is 37.8 Å². The third-order valence-corrected chi connectivity index (χ3v) is 6.40. The second kappa shape index (κ2) is 6.25. The Morgan fingerprint density at radius 2 is 2.00 bits per heavy atom. The van der Waals surface area contributed by atoms with E-state index in [2.05, 4.69) is 0 Å². The number of nitrogens with zero attached hydrogens (tertiary/aromatic N) is 1. The van der Waals surface area contributed by atoms with Crippen LogP contribution in [0.1, 0.15) is 6.92 Å². The molecule has 0 saturated heterocycles. The first-order valence-electron chi connectivity index (χ1n) is 6.63. The fourth-order valence-electron chi connectivity index (χ4n) is 2.24. The predicted molar refractivity (Wildman–Crippen MR) is 91.2 cm³/mol. The van der Waals surface area contributed by atoms with Crippen LogP contribution in [0, 0.1) is 0 Å². The van der Waals surface area contributed by atoms with Gasteiger partial charge in [0.2, 0.25) is 10.0 Å². The maximum Gasteiger partial charge on any atom is 0.243 e. The zero-order valence-electron chi connectivity index (χ0n) is 12.4. The van der Waals surface area contributed by atoms with Gasteiger partial charge in [-0.1, -0.05) is 18.2 Å². The number of benzene rings is 2. The average molecular weight is 324 g/mol. The Hall–Kier alpha value is -1.24. The smallest absolute Gasteiger partial charge is 0.243 e. The van der Waals surface area contributed by atoms with Gasteiger partial charge in [-0.15, -0.1) is 0 Å². The van der Waals surface area contributed by atoms with Crippen molar-refractivity contribution in [2.45, 2.75) is 17.9 Å². The summed E-state index contributed by atoms with van der Waals surface area (Å²) in [6.45, 7) is 1.91. The summed E-state index contributed by atoms with van der Waals surface area (Å²) >= 11 is 1.63. The van der Waals surface area contributed by atoms with Crippen molar-refractivity contribution < 1.29 is 8.42 Å². The van der Waals surface area contributed by atoms with Gasteiger partial charge in [-0.05, 0) is 36.8 Å². The molecule has 2 rings (SSSR count). The minimum Gasteiger partial charge on any atom is -0.399 e. The zero-order chi connectivity index (χ0) is 15.6. The van der Waals surface area contributed by atoms with Crippen molar-refractivity contribution in [1.82, 2.24) is 4.31 Å². The quantitative estimate of drug-likeness (QED) is 0.859. The van der Waals surface area contributed by atoms with E-state index >= 15 is 0 Å². The van der Waals surface area contributed by atoms with E-state index in [1.807, 2.05) is 19.2 Å². The van der Waals surface area contributed by atoms with Crippen LogP contribution in [0.5, 0.6) is 0 Å². The van der Waals surface area contributed by atoms with Gasteiger partial charge in [-0.25, -0.2) is 8.42 Å². The summed E-state index contributed by atoms with van der Waals surface area (Å²) in [5, 5.41) is 1.54. The van der Waals surface area contributed by atoms with Crippen molar-refractivity contribution in [1.29, 1.82) is 0 Å². The summed E-state index contributed by atoms with van der Waals surface area (Å²) < 4.78 is 27.1. The lowest BCUT2D eigenvalue weighted by Gasteiger charge is -2.24. The van der Waals surface area contributed by atoms with Crippen molar-refractivity contribution in [3.63, 3.8) is 0 Å². The SMILES string of the molecule is CSCC(C)N(C)S(=O)(=O)c1cccc2cc(N)ccc12. The molecule has 1 atom stereocenters. The molecule has 2 aromatic carbocycles. The van der Waals surface area contributed by atoms with Crippen LogP contribution in [0.3, 0.4) is 0 Å². The molecule has 0 amide bonds. The molecule has 114 valence electrons. The van der Waals surface area contributed by atoms with E-state index in [1.165, 1.54) is 4.31 Å². The summed E-state index contributed by atoms with van der Waals surface area (Å²) in [5.41, 5.74) is 6.39. The van der Waals surface area contributed by atoms with E-state index < -0.39 is 10.0 Å². The van der Waals surface area contributed by atoms with Crippen molar-refractivity contribution >= 4 is 38.2 Å². The molecule has 2 aromatic rings. The molecule has 0 aliphatic rings. The second-order valence-corrected chi connectivity index (χ2v) is 7.94.